The van der Waals surface area contributed by atoms with Crippen molar-refractivity contribution >= 4 is 23.8 Å². The third-order valence-electron chi connectivity index (χ3n) is 4.44. The van der Waals surface area contributed by atoms with Crippen LogP contribution in [0.4, 0.5) is 0 Å². The van der Waals surface area contributed by atoms with Gasteiger partial charge in [0.05, 0.1) is 25.0 Å². The summed E-state index contributed by atoms with van der Waals surface area (Å²) in [4.78, 5) is 49.6. The molecule has 2 amide bonds. The number of hydrogen-bond acceptors (Lipinski definition) is 6. The van der Waals surface area contributed by atoms with E-state index in [4.69, 9.17) is 4.74 Å². The van der Waals surface area contributed by atoms with E-state index in [1.165, 1.54) is 0 Å². The van der Waals surface area contributed by atoms with E-state index in [1.54, 1.807) is 0 Å². The van der Waals surface area contributed by atoms with Gasteiger partial charge in [-0.2, -0.15) is 0 Å². The molecule has 1 unspecified atom stereocenters. The fourth-order valence-electron chi connectivity index (χ4n) is 2.85. The fourth-order valence-corrected chi connectivity index (χ4v) is 2.85. The Balaban J connectivity index is 0. The Hall–Kier alpha value is -0.920. The average Bonchev–Trinajstić information content (AvgIpc) is 2.66. The van der Waals surface area contributed by atoms with Gasteiger partial charge in [-0.05, 0) is 19.3 Å². The number of amides is 2. The molecule has 0 fully saturated rings. The zero-order chi connectivity index (χ0) is 21.4. The summed E-state index contributed by atoms with van der Waals surface area (Å²) in [6, 6.07) is -1.62. The predicted octanol–water partition coefficient (Wildman–Crippen LogP) is -0.252. The molecule has 162 valence electrons. The molecule has 0 saturated heterocycles. The first-order valence-electron chi connectivity index (χ1n) is 10.6. The van der Waals surface area contributed by atoms with Crippen LogP contribution in [0.15, 0.2) is 0 Å². The minimum absolute atomic E-state index is 0. The van der Waals surface area contributed by atoms with Crippen molar-refractivity contribution in [3.05, 3.63) is 0 Å². The zero-order valence-corrected chi connectivity index (χ0v) is 20.7. The fraction of sp³-hybridized carbons (Fsp3) is 0.810. The molecule has 0 radical (unpaired) electrons. The van der Waals surface area contributed by atoms with Crippen LogP contribution in [0.25, 0.3) is 0 Å². The van der Waals surface area contributed by atoms with Gasteiger partial charge in [0.15, 0.2) is 0 Å². The molecule has 8 heteroatoms. The van der Waals surface area contributed by atoms with Crippen LogP contribution in [0.3, 0.4) is 0 Å². The predicted molar refractivity (Wildman–Crippen MR) is 104 cm³/mol. The number of rotatable bonds is 16. The number of nitrogens with zero attached hydrogens (tertiary/aromatic N) is 1. The number of carboxylic acids is 1. The number of imide groups is 1. The van der Waals surface area contributed by atoms with Crippen LogP contribution in [-0.2, 0) is 23.9 Å². The van der Waals surface area contributed by atoms with Gasteiger partial charge in [0.2, 0.25) is 11.8 Å². The Morgan fingerprint density at radius 2 is 1.28 bits per heavy atom. The summed E-state index contributed by atoms with van der Waals surface area (Å²) >= 11 is 0. The normalized spacial score (nSPS) is 11.3. The third kappa shape index (κ3) is 13.8. The quantitative estimate of drug-likeness (QED) is 0.193. The van der Waals surface area contributed by atoms with Crippen molar-refractivity contribution in [1.82, 2.24) is 4.90 Å². The van der Waals surface area contributed by atoms with Gasteiger partial charge in [0.1, 0.15) is 0 Å². The van der Waals surface area contributed by atoms with Crippen LogP contribution >= 0.6 is 0 Å². The number of carboxylic acid groups (broad SMARTS) is 1. The molecule has 0 aromatic heterocycles. The molecule has 0 heterocycles. The molecule has 0 aliphatic rings. The van der Waals surface area contributed by atoms with Crippen LogP contribution < -0.4 is 34.7 Å². The SMILES string of the molecule is CCCCCCC(=O)N(C(=O)CCCCCC)C(CC(=O)OCCC)C(=O)[O-].[Na+]. The Morgan fingerprint density at radius 1 is 0.793 bits per heavy atom. The summed E-state index contributed by atoms with van der Waals surface area (Å²) in [6.45, 7) is 6.06. The summed E-state index contributed by atoms with van der Waals surface area (Å²) in [7, 11) is 0. The van der Waals surface area contributed by atoms with E-state index in [2.05, 4.69) is 0 Å². The molecule has 0 aromatic carbocycles. The molecular weight excluding hydrogens is 385 g/mol. The largest absolute Gasteiger partial charge is 1.00 e. The minimum atomic E-state index is -1.62. The van der Waals surface area contributed by atoms with Crippen molar-refractivity contribution in [3.8, 4) is 0 Å². The topological polar surface area (TPSA) is 104 Å². The molecule has 0 saturated carbocycles. The van der Waals surface area contributed by atoms with Crippen molar-refractivity contribution in [1.29, 1.82) is 0 Å². The summed E-state index contributed by atoms with van der Waals surface area (Å²) < 4.78 is 4.93. The van der Waals surface area contributed by atoms with Gasteiger partial charge in [-0.1, -0.05) is 59.3 Å². The summed E-state index contributed by atoms with van der Waals surface area (Å²) in [5.41, 5.74) is 0. The van der Waals surface area contributed by atoms with Gasteiger partial charge >= 0.3 is 35.5 Å². The smallest absolute Gasteiger partial charge is 0.548 e. The van der Waals surface area contributed by atoms with E-state index in [9.17, 15) is 24.3 Å². The van der Waals surface area contributed by atoms with Crippen LogP contribution in [0.2, 0.25) is 0 Å². The molecule has 1 atom stereocenters. The van der Waals surface area contributed by atoms with Crippen molar-refractivity contribution < 1.29 is 58.6 Å². The van der Waals surface area contributed by atoms with Gasteiger partial charge in [-0.25, -0.2) is 0 Å². The molecule has 0 rings (SSSR count). The third-order valence-corrected chi connectivity index (χ3v) is 4.44. The van der Waals surface area contributed by atoms with Gasteiger partial charge in [-0.3, -0.25) is 19.3 Å². The number of unbranched alkanes of at least 4 members (excludes halogenated alkanes) is 6. The first-order valence-corrected chi connectivity index (χ1v) is 10.6. The molecule has 0 N–H and O–H groups in total. The van der Waals surface area contributed by atoms with Gasteiger partial charge < -0.3 is 14.6 Å². The zero-order valence-electron chi connectivity index (χ0n) is 18.7. The second-order valence-corrected chi connectivity index (χ2v) is 7.04. The van der Waals surface area contributed by atoms with Gasteiger partial charge in [0.25, 0.3) is 0 Å². The van der Waals surface area contributed by atoms with Gasteiger partial charge in [0, 0.05) is 12.8 Å². The molecule has 0 aliphatic heterocycles. The number of carbonyl (C=O) groups is 4. The van der Waals surface area contributed by atoms with Crippen LogP contribution in [0.5, 0.6) is 0 Å². The average molecular weight is 422 g/mol. The van der Waals surface area contributed by atoms with Crippen LogP contribution in [0, 0.1) is 0 Å². The summed E-state index contributed by atoms with van der Waals surface area (Å²) in [6.07, 6.45) is 6.91. The minimum Gasteiger partial charge on any atom is -0.548 e. The first-order chi connectivity index (χ1) is 13.4. The second-order valence-electron chi connectivity index (χ2n) is 7.04. The Morgan fingerprint density at radius 3 is 1.66 bits per heavy atom. The second kappa shape index (κ2) is 19.1. The number of aliphatic carboxylic acids is 1. The van der Waals surface area contributed by atoms with Crippen molar-refractivity contribution in [2.24, 2.45) is 0 Å². The van der Waals surface area contributed by atoms with Crippen LogP contribution in [-0.4, -0.2) is 41.3 Å². The van der Waals surface area contributed by atoms with E-state index in [0.717, 1.165) is 43.4 Å². The van der Waals surface area contributed by atoms with E-state index in [-0.39, 0.29) is 49.0 Å². The van der Waals surface area contributed by atoms with E-state index in [0.29, 0.717) is 19.3 Å². The number of esters is 1. The number of hydrogen-bond donors (Lipinski definition) is 0. The maximum absolute atomic E-state index is 12.6. The van der Waals surface area contributed by atoms with Crippen molar-refractivity contribution in [3.63, 3.8) is 0 Å². The summed E-state index contributed by atoms with van der Waals surface area (Å²) in [5.74, 6) is -3.49. The Kier molecular flexibility index (Phi) is 19.9. The summed E-state index contributed by atoms with van der Waals surface area (Å²) in [5, 5.41) is 11.6. The molecule has 0 aliphatic carbocycles. The molecule has 7 nitrogen and oxygen atoms in total. The van der Waals surface area contributed by atoms with E-state index < -0.39 is 36.2 Å². The standard InChI is InChI=1S/C21H37NO6.Na/c1-4-7-9-11-13-18(23)22(19(24)14-12-10-8-5-2)17(21(26)27)16-20(25)28-15-6-3;/h17H,4-16H2,1-3H3,(H,26,27);/q;+1/p-1. The van der Waals surface area contributed by atoms with Gasteiger partial charge in [-0.15, -0.1) is 0 Å². The van der Waals surface area contributed by atoms with Crippen molar-refractivity contribution in [2.45, 2.75) is 104 Å². The molecule has 0 aromatic rings. The van der Waals surface area contributed by atoms with Crippen molar-refractivity contribution in [2.75, 3.05) is 6.61 Å². The molecule has 0 spiro atoms. The van der Waals surface area contributed by atoms with E-state index in [1.807, 2.05) is 20.8 Å². The number of ether oxygens (including phenoxy) is 1. The number of carbonyl (C=O) groups excluding carboxylic acids is 4. The maximum Gasteiger partial charge on any atom is 1.00 e. The van der Waals surface area contributed by atoms with E-state index >= 15 is 0 Å². The van der Waals surface area contributed by atoms with Crippen LogP contribution in [0.1, 0.15) is 97.8 Å². The monoisotopic (exact) mass is 421 g/mol. The Labute approximate surface area is 197 Å². The Bertz CT molecular complexity index is 474. The maximum atomic E-state index is 12.6. The molecule has 29 heavy (non-hydrogen) atoms. The molecule has 0 bridgehead atoms. The molecular formula is C21H36NNaO6. The first kappa shape index (κ1) is 30.3.